The molecule has 0 saturated heterocycles. The van der Waals surface area contributed by atoms with Crippen molar-refractivity contribution < 1.29 is 25.2 Å². The van der Waals surface area contributed by atoms with E-state index in [9.17, 15) is 25.2 Å². The second-order valence-corrected chi connectivity index (χ2v) is 13.4. The van der Waals surface area contributed by atoms with Gasteiger partial charge in [-0.25, -0.2) is 0 Å². The van der Waals surface area contributed by atoms with Gasteiger partial charge in [-0.05, 0) is 90.8 Å². The number of fused-ring (bicyclic) bond motifs is 5. The van der Waals surface area contributed by atoms with E-state index in [0.29, 0.717) is 48.9 Å². The molecule has 0 bridgehead atoms. The molecule has 5 heteroatoms. The molecule has 4 rings (SSSR count). The lowest BCUT2D eigenvalue weighted by molar-refractivity contribution is -0.175. The Hall–Kier alpha value is -0.490. The summed E-state index contributed by atoms with van der Waals surface area (Å²) in [6, 6.07) is 0. The van der Waals surface area contributed by atoms with Gasteiger partial charge in [0.05, 0.1) is 24.4 Å². The van der Waals surface area contributed by atoms with Gasteiger partial charge in [0.2, 0.25) is 0 Å². The number of aliphatic hydroxyl groups is 4. The fourth-order valence-electron chi connectivity index (χ4n) is 9.23. The van der Waals surface area contributed by atoms with E-state index in [-0.39, 0.29) is 34.4 Å². The molecule has 4 N–H and O–H groups in total. The highest BCUT2D eigenvalue weighted by Crippen LogP contribution is 2.67. The van der Waals surface area contributed by atoms with E-state index in [0.717, 1.165) is 25.7 Å². The minimum atomic E-state index is -0.782. The van der Waals surface area contributed by atoms with Crippen LogP contribution in [0, 0.1) is 58.2 Å². The molecular formula is C28H48O5. The van der Waals surface area contributed by atoms with E-state index >= 15 is 0 Å². The first kappa shape index (κ1) is 25.6. The number of hydrogen-bond acceptors (Lipinski definition) is 5. The summed E-state index contributed by atoms with van der Waals surface area (Å²) in [7, 11) is 0. The molecule has 4 aliphatic rings. The minimum absolute atomic E-state index is 0.0158. The Kier molecular flexibility index (Phi) is 6.88. The SMILES string of the molecule is CC(C)C(C)C(O)C(O)[C@@H](C)[C@H]1CC[C@H]2[C@@H]3CC(=O)C4C[C@H](O)[C@H](O)C[C@]4(C)[C@H]3CC[C@]12C. The van der Waals surface area contributed by atoms with Gasteiger partial charge in [0.15, 0.2) is 0 Å². The van der Waals surface area contributed by atoms with Crippen molar-refractivity contribution in [1.82, 2.24) is 0 Å². The fourth-order valence-corrected chi connectivity index (χ4v) is 9.23. The summed E-state index contributed by atoms with van der Waals surface area (Å²) < 4.78 is 0. The van der Waals surface area contributed by atoms with Crippen LogP contribution in [0.15, 0.2) is 0 Å². The first-order valence-corrected chi connectivity index (χ1v) is 13.6. The summed E-state index contributed by atoms with van der Waals surface area (Å²) in [6.07, 6.45) is 2.80. The van der Waals surface area contributed by atoms with Crippen LogP contribution in [-0.2, 0) is 4.79 Å². The number of carbonyl (C=O) groups excluding carboxylic acids is 1. The van der Waals surface area contributed by atoms with Crippen LogP contribution in [0.2, 0.25) is 0 Å². The number of Topliss-reactive ketones (excluding diaryl/α,β-unsaturated/α-hetero) is 1. The van der Waals surface area contributed by atoms with Crippen LogP contribution in [-0.4, -0.2) is 50.6 Å². The Morgan fingerprint density at radius 3 is 2.15 bits per heavy atom. The van der Waals surface area contributed by atoms with Gasteiger partial charge in [-0.3, -0.25) is 4.79 Å². The zero-order valence-corrected chi connectivity index (χ0v) is 21.6. The van der Waals surface area contributed by atoms with Crippen LogP contribution in [0.3, 0.4) is 0 Å². The van der Waals surface area contributed by atoms with Gasteiger partial charge in [0.1, 0.15) is 5.78 Å². The maximum Gasteiger partial charge on any atom is 0.136 e. The third-order valence-corrected chi connectivity index (χ3v) is 11.7. The topological polar surface area (TPSA) is 98.0 Å². The average Bonchev–Trinajstić information content (AvgIpc) is 3.10. The number of ketones is 1. The molecule has 0 spiro atoms. The largest absolute Gasteiger partial charge is 0.390 e. The maximum atomic E-state index is 13.3. The van der Waals surface area contributed by atoms with Crippen molar-refractivity contribution >= 4 is 5.78 Å². The summed E-state index contributed by atoms with van der Waals surface area (Å²) in [5, 5.41) is 42.8. The second kappa shape index (κ2) is 8.87. The van der Waals surface area contributed by atoms with E-state index in [2.05, 4.69) is 34.6 Å². The molecule has 0 radical (unpaired) electrons. The monoisotopic (exact) mass is 464 g/mol. The summed E-state index contributed by atoms with van der Waals surface area (Å²) >= 11 is 0. The molecule has 0 aromatic heterocycles. The first-order chi connectivity index (χ1) is 15.3. The Morgan fingerprint density at radius 2 is 1.52 bits per heavy atom. The third kappa shape index (κ3) is 3.93. The van der Waals surface area contributed by atoms with Crippen molar-refractivity contribution in [2.45, 2.75) is 111 Å². The molecule has 4 unspecified atom stereocenters. The van der Waals surface area contributed by atoms with Crippen molar-refractivity contribution in [2.75, 3.05) is 0 Å². The summed E-state index contributed by atoms with van der Waals surface area (Å²) in [4.78, 5) is 13.3. The standard InChI is InChI=1S/C28H48O5/c1-14(2)15(3)25(32)26(33)16(4)18-7-8-19-17-11-22(29)21-12-23(30)24(31)13-28(21,6)20(17)9-10-27(18,19)5/h14-21,23-26,30-33H,7-13H2,1-6H3/t15?,16-,17-,18+,19-,20-,21?,23-,24+,25?,26?,27+,28+/m0/s1. The van der Waals surface area contributed by atoms with E-state index in [1.165, 1.54) is 0 Å². The van der Waals surface area contributed by atoms with Crippen molar-refractivity contribution in [3.63, 3.8) is 0 Å². The molecule has 4 saturated carbocycles. The highest BCUT2D eigenvalue weighted by Gasteiger charge is 2.63. The zero-order chi connectivity index (χ0) is 24.5. The van der Waals surface area contributed by atoms with E-state index < -0.39 is 24.4 Å². The van der Waals surface area contributed by atoms with Crippen LogP contribution in [0.4, 0.5) is 0 Å². The van der Waals surface area contributed by atoms with E-state index in [4.69, 9.17) is 0 Å². The Morgan fingerprint density at radius 1 is 0.879 bits per heavy atom. The van der Waals surface area contributed by atoms with Gasteiger partial charge in [-0.2, -0.15) is 0 Å². The highest BCUT2D eigenvalue weighted by molar-refractivity contribution is 5.83. The zero-order valence-electron chi connectivity index (χ0n) is 21.6. The van der Waals surface area contributed by atoms with E-state index in [1.807, 2.05) is 6.92 Å². The van der Waals surface area contributed by atoms with Crippen LogP contribution in [0.25, 0.3) is 0 Å². The number of aliphatic hydroxyl groups excluding tert-OH is 4. The molecule has 4 aliphatic carbocycles. The number of rotatable bonds is 5. The molecule has 190 valence electrons. The molecule has 0 aromatic carbocycles. The third-order valence-electron chi connectivity index (χ3n) is 11.7. The Balaban J connectivity index is 1.56. The normalized spacial score (nSPS) is 49.1. The fraction of sp³-hybridized carbons (Fsp3) is 0.964. The van der Waals surface area contributed by atoms with Crippen LogP contribution in [0.5, 0.6) is 0 Å². The van der Waals surface area contributed by atoms with Gasteiger partial charge in [0, 0.05) is 12.3 Å². The molecular weight excluding hydrogens is 416 g/mol. The quantitative estimate of drug-likeness (QED) is 0.496. The van der Waals surface area contributed by atoms with Gasteiger partial charge in [-0.15, -0.1) is 0 Å². The van der Waals surface area contributed by atoms with Crippen LogP contribution in [0.1, 0.15) is 86.5 Å². The van der Waals surface area contributed by atoms with Crippen molar-refractivity contribution in [1.29, 1.82) is 0 Å². The average molecular weight is 465 g/mol. The predicted molar refractivity (Wildman–Crippen MR) is 128 cm³/mol. The molecule has 4 fully saturated rings. The maximum absolute atomic E-state index is 13.3. The van der Waals surface area contributed by atoms with Gasteiger partial charge in [-0.1, -0.05) is 41.5 Å². The van der Waals surface area contributed by atoms with E-state index in [1.54, 1.807) is 0 Å². The number of carbonyl (C=O) groups is 1. The van der Waals surface area contributed by atoms with Crippen LogP contribution >= 0.6 is 0 Å². The van der Waals surface area contributed by atoms with Crippen LogP contribution < -0.4 is 0 Å². The molecule has 0 amide bonds. The lowest BCUT2D eigenvalue weighted by Gasteiger charge is -2.61. The Bertz CT molecular complexity index is 738. The second-order valence-electron chi connectivity index (χ2n) is 13.4. The smallest absolute Gasteiger partial charge is 0.136 e. The summed E-state index contributed by atoms with van der Waals surface area (Å²) in [6.45, 7) is 12.9. The van der Waals surface area contributed by atoms with Gasteiger partial charge in [0.25, 0.3) is 0 Å². The molecule has 0 aliphatic heterocycles. The van der Waals surface area contributed by atoms with Crippen molar-refractivity contribution in [3.05, 3.63) is 0 Å². The summed E-state index contributed by atoms with van der Waals surface area (Å²) in [5.74, 6) is 2.05. The summed E-state index contributed by atoms with van der Waals surface area (Å²) in [5.41, 5.74) is -0.162. The van der Waals surface area contributed by atoms with Gasteiger partial charge < -0.3 is 20.4 Å². The Labute approximate surface area is 200 Å². The molecule has 33 heavy (non-hydrogen) atoms. The van der Waals surface area contributed by atoms with Gasteiger partial charge >= 0.3 is 0 Å². The molecule has 5 nitrogen and oxygen atoms in total. The lowest BCUT2D eigenvalue weighted by Crippen LogP contribution is -2.59. The first-order valence-electron chi connectivity index (χ1n) is 13.6. The highest BCUT2D eigenvalue weighted by atomic mass is 16.3. The van der Waals surface area contributed by atoms with Crippen molar-refractivity contribution in [2.24, 2.45) is 58.2 Å². The minimum Gasteiger partial charge on any atom is -0.390 e. The molecule has 0 heterocycles. The predicted octanol–water partition coefficient (Wildman–Crippen LogP) is 3.81. The van der Waals surface area contributed by atoms with Crippen molar-refractivity contribution in [3.8, 4) is 0 Å². The molecule has 0 aromatic rings. The number of hydrogen-bond donors (Lipinski definition) is 4. The molecule has 13 atom stereocenters. The lowest BCUT2D eigenvalue weighted by atomic mass is 9.44.